The van der Waals surface area contributed by atoms with E-state index in [-0.39, 0.29) is 11.9 Å². The summed E-state index contributed by atoms with van der Waals surface area (Å²) in [4.78, 5) is 29.7. The summed E-state index contributed by atoms with van der Waals surface area (Å²) in [6.07, 6.45) is 3.23. The molecule has 1 fully saturated rings. The minimum atomic E-state index is -0.532. The Balaban J connectivity index is 1.59. The molecule has 29 heavy (non-hydrogen) atoms. The molecular weight excluding hydrogens is 390 g/mol. The van der Waals surface area contributed by atoms with Gasteiger partial charge in [-0.05, 0) is 38.0 Å². The first-order valence-electron chi connectivity index (χ1n) is 9.66. The van der Waals surface area contributed by atoms with Crippen LogP contribution in [0.15, 0.2) is 30.5 Å². The van der Waals surface area contributed by atoms with Gasteiger partial charge in [-0.25, -0.2) is 9.99 Å². The number of nitrogens with one attached hydrogen (secondary N) is 1. The predicted octanol–water partition coefficient (Wildman–Crippen LogP) is 2.92. The summed E-state index contributed by atoms with van der Waals surface area (Å²) in [6.45, 7) is 6.41. The van der Waals surface area contributed by atoms with E-state index in [4.69, 9.17) is 9.47 Å². The average molecular weight is 418 g/mol. The maximum Gasteiger partial charge on any atom is 0.311 e. The first-order valence-corrected chi connectivity index (χ1v) is 10.5. The van der Waals surface area contributed by atoms with Gasteiger partial charge >= 0.3 is 5.97 Å². The second-order valence-electron chi connectivity index (χ2n) is 7.61. The number of ether oxygens (including phenoxy) is 2. The molecular formula is C21H27N3O4S. The Morgan fingerprint density at radius 2 is 1.93 bits per heavy atom. The van der Waals surface area contributed by atoms with Gasteiger partial charge in [0, 0.05) is 31.3 Å². The first-order chi connectivity index (χ1) is 13.9. The van der Waals surface area contributed by atoms with E-state index < -0.39 is 5.41 Å². The SMILES string of the molecule is COC(=O)C(C)(C)CCc1ncc(-c2ccc(C(=O)NN3CCOCC3)cc2)s1. The van der Waals surface area contributed by atoms with E-state index in [0.29, 0.717) is 44.7 Å². The van der Waals surface area contributed by atoms with Crippen molar-refractivity contribution in [2.75, 3.05) is 33.4 Å². The van der Waals surface area contributed by atoms with Crippen molar-refractivity contribution in [1.82, 2.24) is 15.4 Å². The Morgan fingerprint density at radius 1 is 1.24 bits per heavy atom. The number of benzene rings is 1. The fourth-order valence-electron chi connectivity index (χ4n) is 3.03. The first kappa shape index (κ1) is 21.4. The zero-order valence-corrected chi connectivity index (χ0v) is 17.9. The van der Waals surface area contributed by atoms with Gasteiger partial charge in [0.05, 0.1) is 35.6 Å². The lowest BCUT2D eigenvalue weighted by atomic mass is 9.88. The number of nitrogens with zero attached hydrogens (tertiary/aromatic N) is 2. The molecule has 156 valence electrons. The summed E-state index contributed by atoms with van der Waals surface area (Å²) in [6, 6.07) is 7.52. The van der Waals surface area contributed by atoms with Crippen LogP contribution in [0.2, 0.25) is 0 Å². The zero-order chi connectivity index (χ0) is 20.9. The number of methoxy groups -OCH3 is 1. The maximum atomic E-state index is 12.4. The van der Waals surface area contributed by atoms with Gasteiger partial charge < -0.3 is 9.47 Å². The number of carbonyl (C=O) groups is 2. The highest BCUT2D eigenvalue weighted by atomic mass is 32.1. The molecule has 0 aliphatic carbocycles. The smallest absolute Gasteiger partial charge is 0.311 e. The molecule has 3 rings (SSSR count). The third kappa shape index (κ3) is 5.62. The van der Waals surface area contributed by atoms with Crippen LogP contribution in [0.1, 0.15) is 35.6 Å². The monoisotopic (exact) mass is 417 g/mol. The molecule has 2 aromatic rings. The number of rotatable bonds is 7. The fourth-order valence-corrected chi connectivity index (χ4v) is 3.95. The van der Waals surface area contributed by atoms with E-state index in [9.17, 15) is 9.59 Å². The van der Waals surface area contributed by atoms with Crippen LogP contribution in [0.25, 0.3) is 10.4 Å². The van der Waals surface area contributed by atoms with Crippen LogP contribution in [-0.4, -0.2) is 55.3 Å². The Kier molecular flexibility index (Phi) is 7.00. The zero-order valence-electron chi connectivity index (χ0n) is 17.1. The molecule has 1 aliphatic heterocycles. The number of hydrazine groups is 1. The van der Waals surface area contributed by atoms with Gasteiger partial charge in [0.25, 0.3) is 5.91 Å². The Labute approximate surface area is 175 Å². The second kappa shape index (κ2) is 9.47. The molecule has 0 radical (unpaired) electrons. The number of hydrogen-bond donors (Lipinski definition) is 1. The van der Waals surface area contributed by atoms with Crippen molar-refractivity contribution in [3.8, 4) is 10.4 Å². The number of carbonyl (C=O) groups excluding carboxylic acids is 2. The van der Waals surface area contributed by atoms with E-state index >= 15 is 0 Å². The summed E-state index contributed by atoms with van der Waals surface area (Å²) in [5, 5.41) is 2.86. The van der Waals surface area contributed by atoms with Crippen LogP contribution in [0.5, 0.6) is 0 Å². The van der Waals surface area contributed by atoms with Crippen molar-refractivity contribution >= 4 is 23.2 Å². The van der Waals surface area contributed by atoms with E-state index in [1.807, 2.05) is 49.3 Å². The van der Waals surface area contributed by atoms with Crippen LogP contribution >= 0.6 is 11.3 Å². The molecule has 0 spiro atoms. The van der Waals surface area contributed by atoms with Gasteiger partial charge in [-0.3, -0.25) is 15.0 Å². The molecule has 0 saturated carbocycles. The number of esters is 1. The van der Waals surface area contributed by atoms with Gasteiger partial charge in [-0.15, -0.1) is 11.3 Å². The molecule has 0 atom stereocenters. The van der Waals surface area contributed by atoms with Crippen LogP contribution in [0.4, 0.5) is 0 Å². The minimum absolute atomic E-state index is 0.117. The molecule has 1 amide bonds. The standard InChI is InChI=1S/C21H27N3O4S/c1-21(2,20(26)27-3)9-8-18-22-14-17(29-18)15-4-6-16(7-5-15)19(25)23-24-10-12-28-13-11-24/h4-7,14H,8-13H2,1-3H3,(H,23,25). The normalized spacial score (nSPS) is 15.1. The molecule has 1 N–H and O–H groups in total. The molecule has 1 aromatic heterocycles. The third-order valence-electron chi connectivity index (χ3n) is 4.96. The summed E-state index contributed by atoms with van der Waals surface area (Å²) in [5.74, 6) is -0.325. The lowest BCUT2D eigenvalue weighted by molar-refractivity contribution is -0.151. The average Bonchev–Trinajstić information content (AvgIpc) is 3.21. The number of thiazole rings is 1. The van der Waals surface area contributed by atoms with Crippen LogP contribution in [0.3, 0.4) is 0 Å². The van der Waals surface area contributed by atoms with Gasteiger partial charge in [0.1, 0.15) is 0 Å². The molecule has 1 aromatic carbocycles. The number of aryl methyl sites for hydroxylation is 1. The largest absolute Gasteiger partial charge is 0.469 e. The summed E-state index contributed by atoms with van der Waals surface area (Å²) < 4.78 is 10.1. The fraction of sp³-hybridized carbons (Fsp3) is 0.476. The van der Waals surface area contributed by atoms with Crippen molar-refractivity contribution in [1.29, 1.82) is 0 Å². The quantitative estimate of drug-likeness (QED) is 0.698. The van der Waals surface area contributed by atoms with Gasteiger partial charge in [0.2, 0.25) is 0 Å². The van der Waals surface area contributed by atoms with Crippen molar-refractivity contribution in [3.05, 3.63) is 41.0 Å². The van der Waals surface area contributed by atoms with E-state index in [1.54, 1.807) is 11.3 Å². The predicted molar refractivity (Wildman–Crippen MR) is 112 cm³/mol. The van der Waals surface area contributed by atoms with Gasteiger partial charge in [-0.1, -0.05) is 12.1 Å². The Hall–Kier alpha value is -2.29. The second-order valence-corrected chi connectivity index (χ2v) is 8.73. The summed E-state index contributed by atoms with van der Waals surface area (Å²) in [7, 11) is 1.41. The van der Waals surface area contributed by atoms with E-state index in [0.717, 1.165) is 15.4 Å². The Morgan fingerprint density at radius 3 is 2.59 bits per heavy atom. The van der Waals surface area contributed by atoms with Crippen LogP contribution in [-0.2, 0) is 20.7 Å². The summed E-state index contributed by atoms with van der Waals surface area (Å²) >= 11 is 1.60. The number of amides is 1. The lowest BCUT2D eigenvalue weighted by Crippen LogP contribution is -2.48. The molecule has 2 heterocycles. The Bertz CT molecular complexity index is 842. The van der Waals surface area contributed by atoms with Crippen molar-refractivity contribution in [2.45, 2.75) is 26.7 Å². The van der Waals surface area contributed by atoms with Gasteiger partial charge in [-0.2, -0.15) is 0 Å². The highest BCUT2D eigenvalue weighted by molar-refractivity contribution is 7.15. The van der Waals surface area contributed by atoms with E-state index in [1.165, 1.54) is 7.11 Å². The number of aromatic nitrogens is 1. The van der Waals surface area contributed by atoms with Crippen molar-refractivity contribution in [3.63, 3.8) is 0 Å². The lowest BCUT2D eigenvalue weighted by Gasteiger charge is -2.26. The topological polar surface area (TPSA) is 80.8 Å². The van der Waals surface area contributed by atoms with Crippen molar-refractivity contribution < 1.29 is 19.1 Å². The molecule has 0 bridgehead atoms. The van der Waals surface area contributed by atoms with Crippen LogP contribution < -0.4 is 5.43 Å². The molecule has 0 unspecified atom stereocenters. The van der Waals surface area contributed by atoms with Gasteiger partial charge in [0.15, 0.2) is 0 Å². The minimum Gasteiger partial charge on any atom is -0.469 e. The van der Waals surface area contributed by atoms with Crippen molar-refractivity contribution in [2.24, 2.45) is 5.41 Å². The highest BCUT2D eigenvalue weighted by Gasteiger charge is 2.28. The molecule has 8 heteroatoms. The molecule has 7 nitrogen and oxygen atoms in total. The molecule has 1 aliphatic rings. The number of morpholine rings is 1. The van der Waals surface area contributed by atoms with Crippen LogP contribution in [0, 0.1) is 5.41 Å². The van der Waals surface area contributed by atoms with E-state index in [2.05, 4.69) is 10.4 Å². The molecule has 1 saturated heterocycles. The third-order valence-corrected chi connectivity index (χ3v) is 6.06. The summed E-state index contributed by atoms with van der Waals surface area (Å²) in [5.41, 5.74) is 4.01. The number of hydrogen-bond acceptors (Lipinski definition) is 7. The highest BCUT2D eigenvalue weighted by Crippen LogP contribution is 2.30. The maximum absolute atomic E-state index is 12.4.